The zero-order valence-electron chi connectivity index (χ0n) is 15.8. The fourth-order valence-corrected chi connectivity index (χ4v) is 3.93. The topological polar surface area (TPSA) is 59.4 Å². The highest BCUT2D eigenvalue weighted by Gasteiger charge is 2.39. The Hall–Kier alpha value is -2.79. The molecule has 1 heterocycles. The molecule has 0 fully saturated rings. The monoisotopic (exact) mass is 495 g/mol. The van der Waals surface area contributed by atoms with Gasteiger partial charge in [-0.15, -0.1) is 0 Å². The van der Waals surface area contributed by atoms with E-state index >= 15 is 0 Å². The number of carboxylic acids is 1. The van der Waals surface area contributed by atoms with Crippen LogP contribution in [-0.2, 0) is 24.0 Å². The number of halogens is 7. The minimum atomic E-state index is -4.92. The summed E-state index contributed by atoms with van der Waals surface area (Å²) < 4.78 is 91.5. The van der Waals surface area contributed by atoms with E-state index in [1.807, 2.05) is 0 Å². The Morgan fingerprint density at radius 1 is 1.09 bits per heavy atom. The summed E-state index contributed by atoms with van der Waals surface area (Å²) in [5.41, 5.74) is -2.17. The fraction of sp³-hybridized carbons (Fsp3) is 0.200. The molecule has 0 aliphatic rings. The zero-order valence-corrected chi connectivity index (χ0v) is 17.3. The molecule has 12 heteroatoms. The van der Waals surface area contributed by atoms with Crippen LogP contribution >= 0.6 is 23.1 Å². The molecule has 4 nitrogen and oxygen atoms in total. The molecule has 0 spiro atoms. The van der Waals surface area contributed by atoms with Gasteiger partial charge in [0.25, 0.3) is 0 Å². The predicted octanol–water partition coefficient (Wildman–Crippen LogP) is 6.50. The lowest BCUT2D eigenvalue weighted by atomic mass is 10.1. The molecular weight excluding hydrogens is 484 g/mol. The summed E-state index contributed by atoms with van der Waals surface area (Å²) in [7, 11) is 0. The number of alkyl halides is 3. The van der Waals surface area contributed by atoms with E-state index in [2.05, 4.69) is 4.37 Å². The third-order valence-electron chi connectivity index (χ3n) is 4.28. The molecule has 1 aromatic heterocycles. The van der Waals surface area contributed by atoms with Gasteiger partial charge >= 0.3 is 12.1 Å². The van der Waals surface area contributed by atoms with E-state index in [-0.39, 0.29) is 33.9 Å². The van der Waals surface area contributed by atoms with Crippen LogP contribution in [0.1, 0.15) is 23.2 Å². The van der Waals surface area contributed by atoms with Crippen LogP contribution in [0.25, 0.3) is 10.4 Å². The first kappa shape index (κ1) is 23.9. The summed E-state index contributed by atoms with van der Waals surface area (Å²) in [6, 6.07) is 5.00. The quantitative estimate of drug-likeness (QED) is 0.380. The molecule has 0 aliphatic carbocycles. The van der Waals surface area contributed by atoms with Gasteiger partial charge in [0.2, 0.25) is 0 Å². The molecular formula is C20H12ClF6NO3S. The Kier molecular flexibility index (Phi) is 6.99. The molecule has 0 unspecified atom stereocenters. The second-order valence-corrected chi connectivity index (χ2v) is 7.74. The lowest BCUT2D eigenvalue weighted by Crippen LogP contribution is -2.11. The fourth-order valence-electron chi connectivity index (χ4n) is 2.84. The molecule has 3 rings (SSSR count). The van der Waals surface area contributed by atoms with Crippen LogP contribution in [-0.4, -0.2) is 15.4 Å². The molecule has 0 saturated heterocycles. The first-order chi connectivity index (χ1) is 15.0. The SMILES string of the molecule is O=C(O)CCc1cc(F)c(OCc2c(C(F)(F)F)nsc2-c2ccc(Cl)cc2F)c(F)c1. The lowest BCUT2D eigenvalue weighted by molar-refractivity contribution is -0.141. The number of ether oxygens (including phenoxy) is 1. The third kappa shape index (κ3) is 5.33. The number of rotatable bonds is 7. The number of aromatic nitrogens is 1. The molecule has 0 saturated carbocycles. The van der Waals surface area contributed by atoms with Gasteiger partial charge in [0, 0.05) is 22.6 Å². The van der Waals surface area contributed by atoms with Gasteiger partial charge < -0.3 is 9.84 Å². The van der Waals surface area contributed by atoms with Gasteiger partial charge in [-0.25, -0.2) is 13.2 Å². The summed E-state index contributed by atoms with van der Waals surface area (Å²) in [5.74, 6) is -5.47. The van der Waals surface area contributed by atoms with Gasteiger partial charge in [0.15, 0.2) is 23.1 Å². The van der Waals surface area contributed by atoms with Crippen LogP contribution < -0.4 is 4.74 Å². The van der Waals surface area contributed by atoms with Crippen LogP contribution in [0.15, 0.2) is 30.3 Å². The van der Waals surface area contributed by atoms with Gasteiger partial charge in [-0.3, -0.25) is 4.79 Å². The molecule has 0 atom stereocenters. The van der Waals surface area contributed by atoms with Crippen molar-refractivity contribution >= 4 is 29.1 Å². The number of hydrogen-bond donors (Lipinski definition) is 1. The highest BCUT2D eigenvalue weighted by molar-refractivity contribution is 7.09. The Morgan fingerprint density at radius 3 is 2.31 bits per heavy atom. The number of aliphatic carboxylic acids is 1. The predicted molar refractivity (Wildman–Crippen MR) is 104 cm³/mol. The minimum Gasteiger partial charge on any atom is -0.483 e. The van der Waals surface area contributed by atoms with Crippen LogP contribution in [0.2, 0.25) is 5.02 Å². The minimum absolute atomic E-state index is 0.0248. The summed E-state index contributed by atoms with van der Waals surface area (Å²) in [6.07, 6.45) is -5.45. The number of aryl methyl sites for hydroxylation is 1. The van der Waals surface area contributed by atoms with Crippen molar-refractivity contribution in [3.63, 3.8) is 0 Å². The number of hydrogen-bond acceptors (Lipinski definition) is 4. The summed E-state index contributed by atoms with van der Waals surface area (Å²) >= 11 is 6.03. The van der Waals surface area contributed by atoms with Crippen molar-refractivity contribution in [2.75, 3.05) is 0 Å². The normalized spacial score (nSPS) is 11.6. The van der Waals surface area contributed by atoms with E-state index in [4.69, 9.17) is 21.4 Å². The zero-order chi connectivity index (χ0) is 23.6. The molecule has 0 amide bonds. The van der Waals surface area contributed by atoms with E-state index in [9.17, 15) is 31.1 Å². The second-order valence-electron chi connectivity index (χ2n) is 6.53. The first-order valence-electron chi connectivity index (χ1n) is 8.81. The third-order valence-corrected chi connectivity index (χ3v) is 5.44. The Bertz CT molecular complexity index is 1140. The number of nitrogens with zero attached hydrogens (tertiary/aromatic N) is 1. The summed E-state index contributed by atoms with van der Waals surface area (Å²) in [6.45, 7) is -0.953. The molecule has 3 aromatic rings. The van der Waals surface area contributed by atoms with E-state index in [0.717, 1.165) is 24.3 Å². The van der Waals surface area contributed by atoms with Crippen molar-refractivity contribution in [3.8, 4) is 16.2 Å². The Morgan fingerprint density at radius 2 is 1.75 bits per heavy atom. The Balaban J connectivity index is 1.95. The average molecular weight is 496 g/mol. The van der Waals surface area contributed by atoms with Gasteiger partial charge in [0.1, 0.15) is 12.4 Å². The van der Waals surface area contributed by atoms with Crippen molar-refractivity contribution in [1.29, 1.82) is 0 Å². The summed E-state index contributed by atoms with van der Waals surface area (Å²) in [4.78, 5) is 10.4. The maximum Gasteiger partial charge on any atom is 0.434 e. The van der Waals surface area contributed by atoms with Crippen molar-refractivity contribution < 1.29 is 41.0 Å². The molecule has 0 aliphatic heterocycles. The molecule has 32 heavy (non-hydrogen) atoms. The number of carboxylic acid groups (broad SMARTS) is 1. The van der Waals surface area contributed by atoms with Gasteiger partial charge in [-0.2, -0.15) is 17.5 Å². The van der Waals surface area contributed by atoms with E-state index in [1.165, 1.54) is 6.07 Å². The smallest absolute Gasteiger partial charge is 0.434 e. The van der Waals surface area contributed by atoms with Gasteiger partial charge in [-0.1, -0.05) is 11.6 Å². The Labute approximate surface area is 186 Å². The van der Waals surface area contributed by atoms with Crippen molar-refractivity contribution in [3.05, 3.63) is 69.6 Å². The van der Waals surface area contributed by atoms with Gasteiger partial charge in [-0.05, 0) is 53.8 Å². The number of carbonyl (C=O) groups is 1. The standard InChI is InChI=1S/C20H12ClF6NO3S/c21-10-2-3-11(13(22)7-10)18-12(19(28-32-18)20(25,26)27)8-31-17-14(23)5-9(6-15(17)24)1-4-16(29)30/h2-3,5-7H,1,4,8H2,(H,29,30). The maximum atomic E-state index is 14.3. The van der Waals surface area contributed by atoms with E-state index < -0.39 is 53.2 Å². The first-order valence-corrected chi connectivity index (χ1v) is 9.96. The molecule has 170 valence electrons. The lowest BCUT2D eigenvalue weighted by Gasteiger charge is -2.13. The molecule has 0 radical (unpaired) electrons. The van der Waals surface area contributed by atoms with Crippen molar-refractivity contribution in [2.45, 2.75) is 25.6 Å². The maximum absolute atomic E-state index is 14.3. The second kappa shape index (κ2) is 9.37. The average Bonchev–Trinajstić information content (AvgIpc) is 3.10. The van der Waals surface area contributed by atoms with Crippen molar-refractivity contribution in [1.82, 2.24) is 4.37 Å². The molecule has 0 bridgehead atoms. The summed E-state index contributed by atoms with van der Waals surface area (Å²) in [5, 5.41) is 8.69. The molecule has 2 aromatic carbocycles. The van der Waals surface area contributed by atoms with Crippen molar-refractivity contribution in [2.24, 2.45) is 0 Å². The van der Waals surface area contributed by atoms with Crippen LogP contribution in [0, 0.1) is 17.5 Å². The number of benzene rings is 2. The van der Waals surface area contributed by atoms with Crippen LogP contribution in [0.5, 0.6) is 5.75 Å². The largest absolute Gasteiger partial charge is 0.483 e. The van der Waals surface area contributed by atoms with Crippen LogP contribution in [0.4, 0.5) is 26.3 Å². The van der Waals surface area contributed by atoms with E-state index in [0.29, 0.717) is 11.5 Å². The van der Waals surface area contributed by atoms with Crippen LogP contribution in [0.3, 0.4) is 0 Å². The molecule has 1 N–H and O–H groups in total. The van der Waals surface area contributed by atoms with Gasteiger partial charge in [0.05, 0.1) is 4.88 Å². The highest BCUT2D eigenvalue weighted by atomic mass is 35.5. The highest BCUT2D eigenvalue weighted by Crippen LogP contribution is 2.41. The van der Waals surface area contributed by atoms with E-state index in [1.54, 1.807) is 0 Å².